The summed E-state index contributed by atoms with van der Waals surface area (Å²) >= 11 is 1.86. The number of thioether (sulfide) groups is 1. The zero-order valence-electron chi connectivity index (χ0n) is 16.2. The van der Waals surface area contributed by atoms with E-state index in [1.165, 1.54) is 13.1 Å². The maximum atomic E-state index is 12.5. The van der Waals surface area contributed by atoms with Crippen LogP contribution in [0.4, 0.5) is 5.69 Å². The number of hydrogen-bond donors (Lipinski definition) is 1. The molecule has 0 aromatic heterocycles. The zero-order chi connectivity index (χ0) is 20.9. The fraction of sp³-hybridized carbons (Fsp3) is 0.300. The van der Waals surface area contributed by atoms with Gasteiger partial charge in [0.05, 0.1) is 18.2 Å². The number of amides is 1. The lowest BCUT2D eigenvalue weighted by atomic mass is 10.2. The van der Waals surface area contributed by atoms with Crippen molar-refractivity contribution in [2.75, 3.05) is 22.1 Å². The van der Waals surface area contributed by atoms with Crippen LogP contribution < -0.4 is 14.5 Å². The first-order valence-electron chi connectivity index (χ1n) is 9.06. The van der Waals surface area contributed by atoms with Gasteiger partial charge in [-0.1, -0.05) is 18.2 Å². The SMILES string of the molecule is C[C@@H](C(=O)N/N=C\c1ccc(OC2CSC2)cc1)N(c1ccccc1)S(C)(=O)=O. The number of nitrogens with one attached hydrogen (secondary N) is 1. The largest absolute Gasteiger partial charge is 0.489 e. The first kappa shape index (κ1) is 21.2. The Bertz CT molecular complexity index is 959. The Morgan fingerprint density at radius 2 is 1.86 bits per heavy atom. The Morgan fingerprint density at radius 1 is 1.21 bits per heavy atom. The molecule has 1 aliphatic heterocycles. The Kier molecular flexibility index (Phi) is 6.81. The van der Waals surface area contributed by atoms with Crippen LogP contribution in [0.25, 0.3) is 0 Å². The molecule has 0 unspecified atom stereocenters. The lowest BCUT2D eigenvalue weighted by Gasteiger charge is -2.27. The second-order valence-electron chi connectivity index (χ2n) is 6.65. The highest BCUT2D eigenvalue weighted by atomic mass is 32.2. The predicted octanol–water partition coefficient (Wildman–Crippen LogP) is 2.49. The lowest BCUT2D eigenvalue weighted by Crippen LogP contribution is -2.46. The number of sulfonamides is 1. The molecule has 0 radical (unpaired) electrons. The maximum absolute atomic E-state index is 12.5. The summed E-state index contributed by atoms with van der Waals surface area (Å²) in [7, 11) is -3.65. The molecule has 1 saturated heterocycles. The lowest BCUT2D eigenvalue weighted by molar-refractivity contribution is -0.121. The molecule has 1 N–H and O–H groups in total. The Labute approximate surface area is 175 Å². The van der Waals surface area contributed by atoms with Gasteiger partial charge in [-0.25, -0.2) is 13.8 Å². The van der Waals surface area contributed by atoms with Crippen molar-refractivity contribution in [1.82, 2.24) is 5.43 Å². The van der Waals surface area contributed by atoms with E-state index in [2.05, 4.69) is 10.5 Å². The summed E-state index contributed by atoms with van der Waals surface area (Å²) in [5.41, 5.74) is 3.62. The number of carbonyl (C=O) groups is 1. The monoisotopic (exact) mass is 433 g/mol. The summed E-state index contributed by atoms with van der Waals surface area (Å²) in [5, 5.41) is 3.95. The van der Waals surface area contributed by atoms with E-state index in [0.29, 0.717) is 5.69 Å². The summed E-state index contributed by atoms with van der Waals surface area (Å²) in [5.74, 6) is 2.30. The van der Waals surface area contributed by atoms with Crippen LogP contribution in [0.5, 0.6) is 5.75 Å². The molecular weight excluding hydrogens is 410 g/mol. The molecule has 2 aromatic rings. The van der Waals surface area contributed by atoms with Crippen LogP contribution in [0.3, 0.4) is 0 Å². The molecule has 0 spiro atoms. The number of nitrogens with zero attached hydrogens (tertiary/aromatic N) is 2. The fourth-order valence-electron chi connectivity index (χ4n) is 2.75. The topological polar surface area (TPSA) is 88.1 Å². The quantitative estimate of drug-likeness (QED) is 0.510. The summed E-state index contributed by atoms with van der Waals surface area (Å²) in [6.45, 7) is 1.52. The molecule has 29 heavy (non-hydrogen) atoms. The standard InChI is InChI=1S/C20H23N3O4S2/c1-15(23(29(2,25)26)17-6-4-3-5-7-17)20(24)22-21-12-16-8-10-18(11-9-16)27-19-13-28-14-19/h3-12,15,19H,13-14H2,1-2H3,(H,22,24)/b21-12-/t15-/m0/s1. The van der Waals surface area contributed by atoms with Crippen molar-refractivity contribution in [3.63, 3.8) is 0 Å². The van der Waals surface area contributed by atoms with E-state index in [1.807, 2.05) is 36.0 Å². The number of rotatable bonds is 8. The molecule has 1 amide bonds. The van der Waals surface area contributed by atoms with Gasteiger partial charge in [0.25, 0.3) is 5.91 Å². The highest BCUT2D eigenvalue weighted by Gasteiger charge is 2.28. The summed E-state index contributed by atoms with van der Waals surface area (Å²) < 4.78 is 31.3. The smallest absolute Gasteiger partial charge is 0.263 e. The van der Waals surface area contributed by atoms with Crippen LogP contribution in [0.2, 0.25) is 0 Å². The number of hydrazone groups is 1. The van der Waals surface area contributed by atoms with Crippen LogP contribution in [0, 0.1) is 0 Å². The van der Waals surface area contributed by atoms with E-state index in [4.69, 9.17) is 4.74 Å². The number of para-hydroxylation sites is 1. The van der Waals surface area contributed by atoms with Crippen molar-refractivity contribution < 1.29 is 17.9 Å². The third-order valence-electron chi connectivity index (χ3n) is 4.28. The molecule has 2 aromatic carbocycles. The van der Waals surface area contributed by atoms with Crippen LogP contribution in [0.15, 0.2) is 59.7 Å². The van der Waals surface area contributed by atoms with Gasteiger partial charge >= 0.3 is 0 Å². The number of anilines is 1. The van der Waals surface area contributed by atoms with Gasteiger partial charge in [0.1, 0.15) is 17.9 Å². The van der Waals surface area contributed by atoms with Crippen LogP contribution >= 0.6 is 11.8 Å². The number of benzene rings is 2. The number of carbonyl (C=O) groups excluding carboxylic acids is 1. The summed E-state index contributed by atoms with van der Waals surface area (Å²) in [6, 6.07) is 14.9. The Hall–Kier alpha value is -2.52. The maximum Gasteiger partial charge on any atom is 0.263 e. The molecule has 1 heterocycles. The minimum Gasteiger partial charge on any atom is -0.489 e. The predicted molar refractivity (Wildman–Crippen MR) is 117 cm³/mol. The van der Waals surface area contributed by atoms with E-state index in [-0.39, 0.29) is 6.10 Å². The average Bonchev–Trinajstić information content (AvgIpc) is 2.65. The highest BCUT2D eigenvalue weighted by molar-refractivity contribution is 8.00. The van der Waals surface area contributed by atoms with Crippen LogP contribution in [-0.4, -0.2) is 50.4 Å². The van der Waals surface area contributed by atoms with Crippen molar-refractivity contribution in [2.24, 2.45) is 5.10 Å². The van der Waals surface area contributed by atoms with Gasteiger partial charge in [0, 0.05) is 11.5 Å². The fourth-order valence-corrected chi connectivity index (χ4v) is 4.49. The van der Waals surface area contributed by atoms with Crippen LogP contribution in [0.1, 0.15) is 12.5 Å². The molecule has 7 nitrogen and oxygen atoms in total. The van der Waals surface area contributed by atoms with Crippen molar-refractivity contribution in [2.45, 2.75) is 19.1 Å². The Morgan fingerprint density at radius 3 is 2.41 bits per heavy atom. The van der Waals surface area contributed by atoms with Gasteiger partial charge in [-0.3, -0.25) is 9.10 Å². The molecule has 1 aliphatic rings. The highest BCUT2D eigenvalue weighted by Crippen LogP contribution is 2.24. The average molecular weight is 434 g/mol. The zero-order valence-corrected chi connectivity index (χ0v) is 17.8. The normalized spacial score (nSPS) is 15.5. The molecule has 0 bridgehead atoms. The van der Waals surface area contributed by atoms with E-state index < -0.39 is 22.0 Å². The molecule has 3 rings (SSSR count). The molecule has 1 fully saturated rings. The van der Waals surface area contributed by atoms with Gasteiger partial charge in [-0.15, -0.1) is 0 Å². The van der Waals surface area contributed by atoms with E-state index in [1.54, 1.807) is 30.3 Å². The second kappa shape index (κ2) is 9.32. The van der Waals surface area contributed by atoms with Crippen LogP contribution in [-0.2, 0) is 14.8 Å². The van der Waals surface area contributed by atoms with Gasteiger partial charge in [0.2, 0.25) is 10.0 Å². The minimum atomic E-state index is -3.65. The van der Waals surface area contributed by atoms with Gasteiger partial charge < -0.3 is 4.74 Å². The minimum absolute atomic E-state index is 0.280. The van der Waals surface area contributed by atoms with E-state index >= 15 is 0 Å². The summed E-state index contributed by atoms with van der Waals surface area (Å²) in [4.78, 5) is 12.5. The first-order valence-corrected chi connectivity index (χ1v) is 12.1. The molecular formula is C20H23N3O4S2. The second-order valence-corrected chi connectivity index (χ2v) is 9.59. The van der Waals surface area contributed by atoms with E-state index in [0.717, 1.165) is 33.4 Å². The Balaban J connectivity index is 1.61. The number of ether oxygens (including phenoxy) is 1. The van der Waals surface area contributed by atoms with Gasteiger partial charge in [-0.2, -0.15) is 16.9 Å². The van der Waals surface area contributed by atoms with Gasteiger partial charge in [-0.05, 0) is 48.9 Å². The third-order valence-corrected chi connectivity index (χ3v) is 6.73. The molecule has 9 heteroatoms. The first-order chi connectivity index (χ1) is 13.8. The van der Waals surface area contributed by atoms with Gasteiger partial charge in [0.15, 0.2) is 0 Å². The molecule has 0 saturated carbocycles. The number of hydrogen-bond acceptors (Lipinski definition) is 6. The molecule has 154 valence electrons. The van der Waals surface area contributed by atoms with E-state index in [9.17, 15) is 13.2 Å². The van der Waals surface area contributed by atoms with Crippen molar-refractivity contribution in [1.29, 1.82) is 0 Å². The third kappa shape index (κ3) is 5.74. The summed E-state index contributed by atoms with van der Waals surface area (Å²) in [6.07, 6.45) is 2.85. The van der Waals surface area contributed by atoms with Crippen molar-refractivity contribution >= 4 is 39.6 Å². The molecule has 0 aliphatic carbocycles. The van der Waals surface area contributed by atoms with Crippen molar-refractivity contribution in [3.05, 3.63) is 60.2 Å². The van der Waals surface area contributed by atoms with Crippen molar-refractivity contribution in [3.8, 4) is 5.75 Å². The molecule has 1 atom stereocenters.